The van der Waals surface area contributed by atoms with Crippen molar-refractivity contribution < 1.29 is 43.8 Å². The second kappa shape index (κ2) is 10.2. The number of carbonyl (C=O) groups excluding carboxylic acids is 1. The molecule has 2 aromatic heterocycles. The minimum atomic E-state index is -0.906. The average molecular weight is 358 g/mol. The molecule has 2 N–H and O–H groups in total. The van der Waals surface area contributed by atoms with E-state index in [1.54, 1.807) is 23.3 Å². The monoisotopic (exact) mass is 358 g/mol. The van der Waals surface area contributed by atoms with Gasteiger partial charge < -0.3 is 15.3 Å². The van der Waals surface area contributed by atoms with E-state index in [-0.39, 0.29) is 43.3 Å². The van der Waals surface area contributed by atoms with Crippen LogP contribution in [-0.4, -0.2) is 49.2 Å². The molecule has 2 fully saturated rings. The maximum atomic E-state index is 11.0. The number of aromatic nitrogens is 4. The van der Waals surface area contributed by atoms with Gasteiger partial charge in [0.1, 0.15) is 0 Å². The van der Waals surface area contributed by atoms with Crippen LogP contribution in [0.1, 0.15) is 65.9 Å². The normalized spacial score (nSPS) is 14.5. The van der Waals surface area contributed by atoms with Gasteiger partial charge >= 0.3 is 30.8 Å². The number of esters is 1. The van der Waals surface area contributed by atoms with Crippen molar-refractivity contribution in [3.63, 3.8) is 0 Å². The summed E-state index contributed by atoms with van der Waals surface area (Å²) in [6.07, 6.45) is 10.8. The number of carboxylic acids is 1. The zero-order valence-corrected chi connectivity index (χ0v) is 14.2. The van der Waals surface area contributed by atoms with Crippen LogP contribution in [-0.2, 0) is 4.74 Å². The van der Waals surface area contributed by atoms with Gasteiger partial charge in [-0.25, -0.2) is 9.59 Å². The summed E-state index contributed by atoms with van der Waals surface area (Å²) in [5.41, 5.74) is 0.807. The molecule has 9 nitrogen and oxygen atoms in total. The summed E-state index contributed by atoms with van der Waals surface area (Å²) >= 11 is 0. The number of carboxylic acid groups (broad SMARTS) is 1. The molecule has 2 saturated carbocycles. The molecule has 0 bridgehead atoms. The van der Waals surface area contributed by atoms with Crippen LogP contribution >= 0.6 is 0 Å². The molecule has 0 aliphatic heterocycles. The Morgan fingerprint density at radius 1 is 1.04 bits per heavy atom. The Bertz CT molecular complexity index is 722. The quantitative estimate of drug-likeness (QED) is 0.570. The van der Waals surface area contributed by atoms with E-state index in [0.717, 1.165) is 12.8 Å². The molecular weight excluding hydrogens is 335 g/mol. The maximum absolute atomic E-state index is 11.0. The van der Waals surface area contributed by atoms with E-state index in [1.165, 1.54) is 26.1 Å². The van der Waals surface area contributed by atoms with Crippen molar-refractivity contribution >= 4 is 11.9 Å². The number of ether oxygens (including phenoxy) is 1. The Kier molecular flexibility index (Phi) is 9.35. The standard InChI is InChI=1S/C8H10N2O2.C7H8N2O2.CH4.Li.H2O/c1-12-8(11)6-4-9-10(5-6)7-2-3-7;10-7(11)5-3-8-9(4-5)6-1-2-6;;;/h4-5,7H,2-3H2,1H3;3-4,6H,1-2H2,(H,10,11);1H4;;1H2/q;;;+1;/p-1. The van der Waals surface area contributed by atoms with Crippen molar-refractivity contribution in [2.24, 2.45) is 0 Å². The molecule has 2 aliphatic carbocycles. The summed E-state index contributed by atoms with van der Waals surface area (Å²) in [7, 11) is 1.37. The molecule has 0 saturated heterocycles. The SMILES string of the molecule is C.COC(=O)c1cnn(C2CC2)c1.O=C(O)c1cnn(C2CC2)c1.[Li+].[OH-]. The van der Waals surface area contributed by atoms with Gasteiger partial charge in [-0.05, 0) is 25.7 Å². The Hall–Kier alpha value is -2.08. The van der Waals surface area contributed by atoms with Crippen LogP contribution in [0, 0.1) is 0 Å². The number of rotatable bonds is 4. The van der Waals surface area contributed by atoms with Gasteiger partial charge in [0.05, 0.1) is 42.7 Å². The zero-order valence-electron chi connectivity index (χ0n) is 14.2. The minimum Gasteiger partial charge on any atom is -0.870 e. The molecular formula is C16H23LiN4O5. The van der Waals surface area contributed by atoms with E-state index in [4.69, 9.17) is 5.11 Å². The van der Waals surface area contributed by atoms with Crippen LogP contribution in [0.3, 0.4) is 0 Å². The van der Waals surface area contributed by atoms with Crippen LogP contribution < -0.4 is 18.9 Å². The Labute approximate surface area is 163 Å². The zero-order chi connectivity index (χ0) is 16.4. The van der Waals surface area contributed by atoms with Crippen LogP contribution in [0.25, 0.3) is 0 Å². The molecule has 0 spiro atoms. The molecule has 0 aromatic carbocycles. The van der Waals surface area contributed by atoms with Gasteiger partial charge in [-0.2, -0.15) is 10.2 Å². The third-order valence-electron chi connectivity index (χ3n) is 3.71. The first-order valence-electron chi connectivity index (χ1n) is 7.48. The molecule has 0 unspecified atom stereocenters. The number of hydrogen-bond donors (Lipinski definition) is 1. The van der Waals surface area contributed by atoms with E-state index >= 15 is 0 Å². The molecule has 2 heterocycles. The first-order valence-corrected chi connectivity index (χ1v) is 7.48. The fourth-order valence-corrected chi connectivity index (χ4v) is 2.09. The summed E-state index contributed by atoms with van der Waals surface area (Å²) in [5, 5.41) is 16.5. The van der Waals surface area contributed by atoms with E-state index in [9.17, 15) is 9.59 Å². The van der Waals surface area contributed by atoms with Gasteiger partial charge in [0.25, 0.3) is 0 Å². The summed E-state index contributed by atoms with van der Waals surface area (Å²) in [6.45, 7) is 0. The molecule has 0 amide bonds. The largest absolute Gasteiger partial charge is 1.00 e. The maximum Gasteiger partial charge on any atom is 1.00 e. The predicted molar refractivity (Wildman–Crippen MR) is 88.0 cm³/mol. The van der Waals surface area contributed by atoms with Crippen molar-refractivity contribution in [2.45, 2.75) is 45.2 Å². The van der Waals surface area contributed by atoms with Gasteiger partial charge in [-0.3, -0.25) is 9.36 Å². The van der Waals surface area contributed by atoms with Crippen molar-refractivity contribution in [2.75, 3.05) is 7.11 Å². The van der Waals surface area contributed by atoms with Crippen molar-refractivity contribution in [3.8, 4) is 0 Å². The van der Waals surface area contributed by atoms with Crippen molar-refractivity contribution in [1.82, 2.24) is 19.6 Å². The van der Waals surface area contributed by atoms with Gasteiger partial charge in [-0.15, -0.1) is 0 Å². The Morgan fingerprint density at radius 2 is 1.46 bits per heavy atom. The van der Waals surface area contributed by atoms with E-state index in [2.05, 4.69) is 14.9 Å². The summed E-state index contributed by atoms with van der Waals surface area (Å²) < 4.78 is 8.11. The fourth-order valence-electron chi connectivity index (χ4n) is 2.09. The predicted octanol–water partition coefficient (Wildman–Crippen LogP) is -0.616. The Balaban J connectivity index is 0.000000432. The first kappa shape index (κ1) is 23.9. The molecule has 10 heteroatoms. The second-order valence-electron chi connectivity index (χ2n) is 5.68. The van der Waals surface area contributed by atoms with Crippen LogP contribution in [0.5, 0.6) is 0 Å². The number of methoxy groups -OCH3 is 1. The summed E-state index contributed by atoms with van der Waals surface area (Å²) in [4.78, 5) is 21.4. The molecule has 138 valence electrons. The van der Waals surface area contributed by atoms with Gasteiger partial charge in [-0.1, -0.05) is 7.43 Å². The van der Waals surface area contributed by atoms with Crippen LogP contribution in [0.15, 0.2) is 24.8 Å². The van der Waals surface area contributed by atoms with E-state index in [0.29, 0.717) is 17.6 Å². The first-order chi connectivity index (χ1) is 11.1. The number of aromatic carboxylic acids is 1. The van der Waals surface area contributed by atoms with E-state index < -0.39 is 5.97 Å². The number of nitrogens with zero attached hydrogens (tertiary/aromatic N) is 4. The van der Waals surface area contributed by atoms with Gasteiger partial charge in [0.15, 0.2) is 0 Å². The topological polar surface area (TPSA) is 129 Å². The molecule has 2 aliphatic rings. The fraction of sp³-hybridized carbons (Fsp3) is 0.500. The van der Waals surface area contributed by atoms with Crippen LogP contribution in [0.2, 0.25) is 0 Å². The molecule has 2 aromatic rings. The van der Waals surface area contributed by atoms with Gasteiger partial charge in [0, 0.05) is 12.4 Å². The van der Waals surface area contributed by atoms with Crippen molar-refractivity contribution in [1.29, 1.82) is 0 Å². The van der Waals surface area contributed by atoms with Crippen LogP contribution in [0.4, 0.5) is 0 Å². The number of carbonyl (C=O) groups is 2. The van der Waals surface area contributed by atoms with E-state index in [1.807, 2.05) is 4.68 Å². The molecule has 4 rings (SSSR count). The van der Waals surface area contributed by atoms with Crippen molar-refractivity contribution in [3.05, 3.63) is 35.9 Å². The third kappa shape index (κ3) is 6.02. The Morgan fingerprint density at radius 3 is 1.81 bits per heavy atom. The average Bonchev–Trinajstić information content (AvgIpc) is 3.48. The van der Waals surface area contributed by atoms with Gasteiger partial charge in [0.2, 0.25) is 0 Å². The smallest absolute Gasteiger partial charge is 0.870 e. The molecule has 26 heavy (non-hydrogen) atoms. The molecule has 0 radical (unpaired) electrons. The molecule has 0 atom stereocenters. The summed E-state index contributed by atoms with van der Waals surface area (Å²) in [5.74, 6) is -1.22. The third-order valence-corrected chi connectivity index (χ3v) is 3.71. The minimum absolute atomic E-state index is 0. The summed E-state index contributed by atoms with van der Waals surface area (Å²) in [6, 6.07) is 0.978. The number of hydrogen-bond acceptors (Lipinski definition) is 6. The second-order valence-corrected chi connectivity index (χ2v) is 5.68.